The molecule has 0 amide bonds. The van der Waals surface area contributed by atoms with Gasteiger partial charge in [0.15, 0.2) is 5.78 Å². The molecule has 2 aromatic carbocycles. The number of ether oxygens (including phenoxy) is 1. The first kappa shape index (κ1) is 21.6. The van der Waals surface area contributed by atoms with Gasteiger partial charge in [-0.25, -0.2) is 0 Å². The summed E-state index contributed by atoms with van der Waals surface area (Å²) >= 11 is 0. The second kappa shape index (κ2) is 8.97. The quantitative estimate of drug-likeness (QED) is 0.637. The molecule has 5 rings (SSSR count). The molecule has 5 nitrogen and oxygen atoms in total. The average molecular weight is 444 g/mol. The fourth-order valence-corrected chi connectivity index (χ4v) is 5.61. The highest BCUT2D eigenvalue weighted by atomic mass is 16.5. The first-order valence-electron chi connectivity index (χ1n) is 11.9. The van der Waals surface area contributed by atoms with E-state index in [1.165, 1.54) is 0 Å². The van der Waals surface area contributed by atoms with Crippen LogP contribution in [0.4, 0.5) is 0 Å². The smallest absolute Gasteiger partial charge is 0.315 e. The summed E-state index contributed by atoms with van der Waals surface area (Å²) in [5.41, 5.74) is 4.06. The van der Waals surface area contributed by atoms with Gasteiger partial charge in [-0.1, -0.05) is 42.5 Å². The minimum absolute atomic E-state index is 0.0399. The van der Waals surface area contributed by atoms with E-state index >= 15 is 0 Å². The summed E-state index contributed by atoms with van der Waals surface area (Å²) in [4.78, 5) is 31.8. The topological polar surface area (TPSA) is 76.0 Å². The maximum Gasteiger partial charge on any atom is 0.315 e. The molecule has 1 aliphatic heterocycles. The third kappa shape index (κ3) is 4.24. The highest BCUT2D eigenvalue weighted by Gasteiger charge is 2.45. The summed E-state index contributed by atoms with van der Waals surface area (Å²) in [7, 11) is 0. The zero-order valence-corrected chi connectivity index (χ0v) is 18.9. The summed E-state index contributed by atoms with van der Waals surface area (Å²) in [6, 6.07) is 16.9. The number of esters is 1. The molecule has 1 saturated carbocycles. The van der Waals surface area contributed by atoms with Crippen molar-refractivity contribution in [3.8, 4) is 5.75 Å². The van der Waals surface area contributed by atoms with Crippen molar-refractivity contribution in [2.75, 3.05) is 0 Å². The predicted molar refractivity (Wildman–Crippen MR) is 126 cm³/mol. The van der Waals surface area contributed by atoms with Crippen LogP contribution in [-0.2, 0) is 14.3 Å². The maximum atomic E-state index is 13.6. The van der Waals surface area contributed by atoms with Gasteiger partial charge < -0.3 is 9.84 Å². The van der Waals surface area contributed by atoms with E-state index in [2.05, 4.69) is 12.1 Å². The van der Waals surface area contributed by atoms with E-state index in [0.29, 0.717) is 24.1 Å². The number of aliphatic imine (C=N–C) groups is 1. The van der Waals surface area contributed by atoms with Gasteiger partial charge in [0.1, 0.15) is 17.8 Å². The summed E-state index contributed by atoms with van der Waals surface area (Å²) in [5, 5.41) is 9.82. The average Bonchev–Trinajstić information content (AvgIpc) is 3.32. The normalized spacial score (nSPS) is 25.5. The van der Waals surface area contributed by atoms with Crippen molar-refractivity contribution < 1.29 is 19.4 Å². The van der Waals surface area contributed by atoms with E-state index in [1.807, 2.05) is 25.1 Å². The number of rotatable bonds is 4. The van der Waals surface area contributed by atoms with Crippen LogP contribution in [0.3, 0.4) is 0 Å². The number of carbonyl (C=O) groups excluding carboxylic acids is 2. The van der Waals surface area contributed by atoms with Gasteiger partial charge in [-0.2, -0.15) is 0 Å². The third-order valence-electron chi connectivity index (χ3n) is 7.25. The van der Waals surface area contributed by atoms with Crippen molar-refractivity contribution in [3.63, 3.8) is 0 Å². The molecule has 1 fully saturated rings. The standard InChI is InChI=1S/C28H29NO4/c1-17-25(28(32)33-22-9-5-6-10-22)26(19-11-13-21(30)14-12-19)27-23(29-17)15-20(16-24(27)31)18-7-3-2-4-8-18/h2-4,7-8,11-14,20,22,25-26,30H,5-6,9-10,15-16H2,1H3. The molecule has 0 aromatic heterocycles. The van der Waals surface area contributed by atoms with Crippen LogP contribution >= 0.6 is 0 Å². The monoisotopic (exact) mass is 443 g/mol. The van der Waals surface area contributed by atoms with Gasteiger partial charge in [0.05, 0.1) is 0 Å². The van der Waals surface area contributed by atoms with Gasteiger partial charge in [0.25, 0.3) is 0 Å². The Morgan fingerprint density at radius 1 is 0.970 bits per heavy atom. The van der Waals surface area contributed by atoms with Crippen molar-refractivity contribution in [2.45, 2.75) is 63.4 Å². The van der Waals surface area contributed by atoms with Gasteiger partial charge >= 0.3 is 5.97 Å². The number of carbonyl (C=O) groups is 2. The van der Waals surface area contributed by atoms with E-state index in [0.717, 1.165) is 42.5 Å². The molecular weight excluding hydrogens is 414 g/mol. The number of phenols is 1. The molecule has 3 aliphatic rings. The summed E-state index contributed by atoms with van der Waals surface area (Å²) in [6.45, 7) is 1.87. The Morgan fingerprint density at radius 3 is 2.36 bits per heavy atom. The van der Waals surface area contributed by atoms with E-state index in [9.17, 15) is 14.7 Å². The highest BCUT2D eigenvalue weighted by molar-refractivity contribution is 6.09. The van der Waals surface area contributed by atoms with Crippen LogP contribution in [-0.4, -0.2) is 28.7 Å². The molecule has 2 aromatic rings. The Kier molecular flexibility index (Phi) is 5.88. The van der Waals surface area contributed by atoms with Crippen LogP contribution in [0, 0.1) is 5.92 Å². The van der Waals surface area contributed by atoms with Crippen LogP contribution in [0.25, 0.3) is 0 Å². The lowest BCUT2D eigenvalue weighted by Crippen LogP contribution is -2.39. The number of allylic oxidation sites excluding steroid dienone is 2. The number of ketones is 1. The number of benzene rings is 2. The molecule has 0 spiro atoms. The maximum absolute atomic E-state index is 13.6. The molecule has 0 saturated heterocycles. The Morgan fingerprint density at radius 2 is 1.67 bits per heavy atom. The lowest BCUT2D eigenvalue weighted by atomic mass is 9.69. The fourth-order valence-electron chi connectivity index (χ4n) is 5.61. The Labute approximate surface area is 194 Å². The fraction of sp³-hybridized carbons (Fsp3) is 0.393. The van der Waals surface area contributed by atoms with E-state index in [-0.39, 0.29) is 29.5 Å². The minimum atomic E-state index is -0.633. The van der Waals surface area contributed by atoms with Gasteiger partial charge in [-0.3, -0.25) is 14.6 Å². The molecule has 0 bridgehead atoms. The van der Waals surface area contributed by atoms with Crippen molar-refractivity contribution in [1.29, 1.82) is 0 Å². The Balaban J connectivity index is 1.54. The first-order valence-corrected chi connectivity index (χ1v) is 11.9. The van der Waals surface area contributed by atoms with Crippen molar-refractivity contribution in [3.05, 3.63) is 77.0 Å². The minimum Gasteiger partial charge on any atom is -0.508 e. The lowest BCUT2D eigenvalue weighted by molar-refractivity contribution is -0.151. The van der Waals surface area contributed by atoms with Gasteiger partial charge in [0, 0.05) is 29.3 Å². The van der Waals surface area contributed by atoms with Gasteiger partial charge in [0.2, 0.25) is 0 Å². The number of hydrogen-bond acceptors (Lipinski definition) is 5. The van der Waals surface area contributed by atoms with Crippen molar-refractivity contribution in [2.24, 2.45) is 10.9 Å². The largest absolute Gasteiger partial charge is 0.508 e. The Hall–Kier alpha value is -3.21. The summed E-state index contributed by atoms with van der Waals surface area (Å²) < 4.78 is 5.90. The molecule has 33 heavy (non-hydrogen) atoms. The zero-order valence-electron chi connectivity index (χ0n) is 18.9. The number of nitrogens with zero attached hydrogens (tertiary/aromatic N) is 1. The second-order valence-electron chi connectivity index (χ2n) is 9.44. The van der Waals surface area contributed by atoms with Gasteiger partial charge in [-0.05, 0) is 68.2 Å². The summed E-state index contributed by atoms with van der Waals surface area (Å²) in [6.07, 6.45) is 4.95. The van der Waals surface area contributed by atoms with E-state index in [1.54, 1.807) is 24.3 Å². The Bertz CT molecular complexity index is 1110. The van der Waals surface area contributed by atoms with Crippen LogP contribution in [0.5, 0.6) is 5.75 Å². The molecule has 3 atom stereocenters. The zero-order chi connectivity index (χ0) is 22.9. The van der Waals surface area contributed by atoms with Crippen LogP contribution in [0.15, 0.2) is 70.9 Å². The van der Waals surface area contributed by atoms with Crippen LogP contribution in [0.1, 0.15) is 68.4 Å². The van der Waals surface area contributed by atoms with Crippen LogP contribution in [0.2, 0.25) is 0 Å². The van der Waals surface area contributed by atoms with E-state index < -0.39 is 11.8 Å². The second-order valence-corrected chi connectivity index (χ2v) is 9.44. The number of aromatic hydroxyl groups is 1. The van der Waals surface area contributed by atoms with Crippen molar-refractivity contribution >= 4 is 17.5 Å². The number of phenolic OH excluding ortho intramolecular Hbond substituents is 1. The summed E-state index contributed by atoms with van der Waals surface area (Å²) in [5.74, 6) is -1.11. The lowest BCUT2D eigenvalue weighted by Gasteiger charge is -2.37. The molecule has 0 radical (unpaired) electrons. The molecule has 5 heteroatoms. The third-order valence-corrected chi connectivity index (χ3v) is 7.25. The first-order chi connectivity index (χ1) is 16.0. The van der Waals surface area contributed by atoms with Gasteiger partial charge in [-0.15, -0.1) is 0 Å². The molecular formula is C28H29NO4. The SMILES string of the molecule is CC1=NC2=C(C(=O)CC(c3ccccc3)C2)C(c2ccc(O)cc2)C1C(=O)OC1CCCC1. The molecule has 170 valence electrons. The highest BCUT2D eigenvalue weighted by Crippen LogP contribution is 2.47. The molecule has 3 unspecified atom stereocenters. The van der Waals surface area contributed by atoms with E-state index in [4.69, 9.17) is 9.73 Å². The molecule has 2 aliphatic carbocycles. The molecule has 1 heterocycles. The number of hydrogen-bond donors (Lipinski definition) is 1. The van der Waals surface area contributed by atoms with Crippen molar-refractivity contribution in [1.82, 2.24) is 0 Å². The van der Waals surface area contributed by atoms with Crippen LogP contribution < -0.4 is 0 Å². The molecule has 1 N–H and O–H groups in total. The predicted octanol–water partition coefficient (Wildman–Crippen LogP) is 5.45. The number of Topliss-reactive ketones (excluding diaryl/α,β-unsaturated/α-hetero) is 1.